The summed E-state index contributed by atoms with van der Waals surface area (Å²) in [5.74, 6) is 0.184. The number of Topliss-reactive ketones (excluding diaryl/α,β-unsaturated/α-hetero) is 1. The van der Waals surface area contributed by atoms with Gasteiger partial charge in [0.1, 0.15) is 0 Å². The molecule has 0 spiro atoms. The van der Waals surface area contributed by atoms with Crippen LogP contribution in [0.4, 0.5) is 0 Å². The number of fused-ring (bicyclic) bond motifs is 1. The summed E-state index contributed by atoms with van der Waals surface area (Å²) >= 11 is 7.18. The molecular weight excluding hydrogens is 394 g/mol. The van der Waals surface area contributed by atoms with E-state index in [4.69, 9.17) is 11.6 Å². The zero-order valence-corrected chi connectivity index (χ0v) is 17.5. The number of aromatic nitrogens is 2. The minimum Gasteiger partial charge on any atom is -0.309 e. The highest BCUT2D eigenvalue weighted by molar-refractivity contribution is 7.99. The van der Waals surface area contributed by atoms with Crippen molar-refractivity contribution in [1.29, 1.82) is 0 Å². The van der Waals surface area contributed by atoms with Crippen LogP contribution in [0.5, 0.6) is 0 Å². The molecule has 0 radical (unpaired) electrons. The van der Waals surface area contributed by atoms with E-state index in [2.05, 4.69) is 9.88 Å². The summed E-state index contributed by atoms with van der Waals surface area (Å²) in [6, 6.07) is 14.1. The van der Waals surface area contributed by atoms with Gasteiger partial charge in [0, 0.05) is 17.1 Å². The topological polar surface area (TPSA) is 55.2 Å². The first kappa shape index (κ1) is 20.6. The molecule has 146 valence electrons. The van der Waals surface area contributed by atoms with Crippen LogP contribution in [0.15, 0.2) is 58.5 Å². The fourth-order valence-corrected chi connectivity index (χ4v) is 3.90. The fourth-order valence-electron chi connectivity index (χ4n) is 2.85. The molecule has 0 aliphatic heterocycles. The van der Waals surface area contributed by atoms with Crippen LogP contribution in [-0.4, -0.2) is 46.6 Å². The van der Waals surface area contributed by atoms with E-state index in [1.165, 1.54) is 11.8 Å². The smallest absolute Gasteiger partial charge is 0.262 e. The first-order valence-electron chi connectivity index (χ1n) is 9.01. The molecule has 3 aromatic rings. The Morgan fingerprint density at radius 2 is 1.86 bits per heavy atom. The number of para-hydroxylation sites is 1. The number of carbonyl (C=O) groups is 1. The lowest BCUT2D eigenvalue weighted by Crippen LogP contribution is -2.25. The third-order valence-corrected chi connectivity index (χ3v) is 5.54. The second-order valence-corrected chi connectivity index (χ2v) is 8.12. The summed E-state index contributed by atoms with van der Waals surface area (Å²) in [5, 5.41) is 1.76. The summed E-state index contributed by atoms with van der Waals surface area (Å²) in [7, 11) is 4.00. The van der Waals surface area contributed by atoms with Crippen molar-refractivity contribution in [1.82, 2.24) is 14.5 Å². The van der Waals surface area contributed by atoms with Crippen molar-refractivity contribution in [3.05, 3.63) is 69.5 Å². The Balaban J connectivity index is 1.86. The lowest BCUT2D eigenvalue weighted by molar-refractivity contribution is 0.102. The summed E-state index contributed by atoms with van der Waals surface area (Å²) in [4.78, 5) is 32.2. The van der Waals surface area contributed by atoms with Gasteiger partial charge in [-0.05, 0) is 63.5 Å². The minimum absolute atomic E-state index is 0.0242. The Morgan fingerprint density at radius 3 is 2.57 bits per heavy atom. The highest BCUT2D eigenvalue weighted by Crippen LogP contribution is 2.20. The van der Waals surface area contributed by atoms with Crippen molar-refractivity contribution >= 4 is 40.0 Å². The van der Waals surface area contributed by atoms with Crippen molar-refractivity contribution < 1.29 is 4.79 Å². The van der Waals surface area contributed by atoms with Crippen LogP contribution in [-0.2, 0) is 6.54 Å². The van der Waals surface area contributed by atoms with E-state index < -0.39 is 0 Å². The molecule has 0 fully saturated rings. The van der Waals surface area contributed by atoms with Crippen LogP contribution in [0.3, 0.4) is 0 Å². The zero-order chi connectivity index (χ0) is 20.1. The molecule has 1 aromatic heterocycles. The molecule has 7 heteroatoms. The van der Waals surface area contributed by atoms with E-state index in [0.717, 1.165) is 13.0 Å². The largest absolute Gasteiger partial charge is 0.309 e. The van der Waals surface area contributed by atoms with E-state index in [1.54, 1.807) is 34.9 Å². The molecular formula is C21H22ClN3O2S. The van der Waals surface area contributed by atoms with Crippen LogP contribution >= 0.6 is 23.4 Å². The third-order valence-electron chi connectivity index (χ3n) is 4.31. The number of hydrogen-bond acceptors (Lipinski definition) is 5. The van der Waals surface area contributed by atoms with Crippen molar-refractivity contribution in [3.8, 4) is 0 Å². The van der Waals surface area contributed by atoms with Crippen LogP contribution in [0, 0.1) is 0 Å². The molecule has 5 nitrogen and oxygen atoms in total. The summed E-state index contributed by atoms with van der Waals surface area (Å²) in [5.41, 5.74) is 1.18. The van der Waals surface area contributed by atoms with Crippen LogP contribution < -0.4 is 5.56 Å². The normalized spacial score (nSPS) is 11.3. The van der Waals surface area contributed by atoms with Crippen LogP contribution in [0.1, 0.15) is 16.8 Å². The Labute approximate surface area is 173 Å². The van der Waals surface area contributed by atoms with E-state index in [0.29, 0.717) is 33.2 Å². The van der Waals surface area contributed by atoms with Crippen molar-refractivity contribution in [3.63, 3.8) is 0 Å². The standard InChI is InChI=1S/C21H22ClN3O2S/c1-24(2)12-5-13-25-20(27)17-6-3-4-7-18(17)23-21(25)28-14-19(26)15-8-10-16(22)11-9-15/h3-4,6-11H,5,12-14H2,1-2H3. The molecule has 2 aromatic carbocycles. The van der Waals surface area contributed by atoms with Gasteiger partial charge in [0.05, 0.1) is 16.7 Å². The van der Waals surface area contributed by atoms with Gasteiger partial charge in [0.2, 0.25) is 0 Å². The average Bonchev–Trinajstić information content (AvgIpc) is 2.68. The van der Waals surface area contributed by atoms with E-state index in [-0.39, 0.29) is 17.1 Å². The maximum atomic E-state index is 13.0. The first-order valence-corrected chi connectivity index (χ1v) is 10.4. The number of carbonyl (C=O) groups excluding carboxylic acids is 1. The van der Waals surface area contributed by atoms with E-state index in [9.17, 15) is 9.59 Å². The van der Waals surface area contributed by atoms with Crippen LogP contribution in [0.2, 0.25) is 5.02 Å². The summed E-state index contributed by atoms with van der Waals surface area (Å²) in [6.45, 7) is 1.43. The van der Waals surface area contributed by atoms with Gasteiger partial charge in [-0.1, -0.05) is 35.5 Å². The highest BCUT2D eigenvalue weighted by atomic mass is 35.5. The Morgan fingerprint density at radius 1 is 1.14 bits per heavy atom. The second kappa shape index (κ2) is 9.37. The molecule has 0 bridgehead atoms. The molecule has 0 amide bonds. The SMILES string of the molecule is CN(C)CCCn1c(SCC(=O)c2ccc(Cl)cc2)nc2ccccc2c1=O. The number of nitrogens with zero attached hydrogens (tertiary/aromatic N) is 3. The quantitative estimate of drug-likeness (QED) is 0.316. The molecule has 0 N–H and O–H groups in total. The molecule has 0 aliphatic rings. The van der Waals surface area contributed by atoms with Crippen molar-refractivity contribution in [2.45, 2.75) is 18.1 Å². The highest BCUT2D eigenvalue weighted by Gasteiger charge is 2.14. The molecule has 3 rings (SSSR count). The van der Waals surface area contributed by atoms with Gasteiger partial charge in [-0.3, -0.25) is 14.2 Å². The van der Waals surface area contributed by atoms with E-state index in [1.807, 2.05) is 32.3 Å². The molecule has 0 aliphatic carbocycles. The summed E-state index contributed by atoms with van der Waals surface area (Å²) < 4.78 is 1.69. The van der Waals surface area contributed by atoms with Crippen LogP contribution in [0.25, 0.3) is 10.9 Å². The lowest BCUT2D eigenvalue weighted by atomic mass is 10.1. The number of ketones is 1. The molecule has 1 heterocycles. The second-order valence-electron chi connectivity index (χ2n) is 6.74. The molecule has 0 saturated carbocycles. The third kappa shape index (κ3) is 5.01. The first-order chi connectivity index (χ1) is 13.5. The number of hydrogen-bond donors (Lipinski definition) is 0. The van der Waals surface area contributed by atoms with E-state index >= 15 is 0 Å². The van der Waals surface area contributed by atoms with Gasteiger partial charge in [-0.2, -0.15) is 0 Å². The minimum atomic E-state index is -0.0641. The molecule has 0 atom stereocenters. The average molecular weight is 416 g/mol. The number of halogens is 1. The lowest BCUT2D eigenvalue weighted by Gasteiger charge is -2.14. The monoisotopic (exact) mass is 415 g/mol. The van der Waals surface area contributed by atoms with Gasteiger partial charge < -0.3 is 4.90 Å². The van der Waals surface area contributed by atoms with Crippen molar-refractivity contribution in [2.24, 2.45) is 0 Å². The van der Waals surface area contributed by atoms with Gasteiger partial charge in [0.25, 0.3) is 5.56 Å². The summed E-state index contributed by atoms with van der Waals surface area (Å²) in [6.07, 6.45) is 0.825. The van der Waals surface area contributed by atoms with Crippen molar-refractivity contribution in [2.75, 3.05) is 26.4 Å². The van der Waals surface area contributed by atoms with Gasteiger partial charge in [-0.25, -0.2) is 4.98 Å². The maximum Gasteiger partial charge on any atom is 0.262 e. The maximum absolute atomic E-state index is 13.0. The van der Waals surface area contributed by atoms with Gasteiger partial charge in [0.15, 0.2) is 10.9 Å². The molecule has 0 saturated heterocycles. The predicted octanol–water partition coefficient (Wildman–Crippen LogP) is 3.98. The Bertz CT molecular complexity index is 1030. The Kier molecular flexibility index (Phi) is 6.88. The fraction of sp³-hybridized carbons (Fsp3) is 0.286. The predicted molar refractivity (Wildman–Crippen MR) is 116 cm³/mol. The van der Waals surface area contributed by atoms with Gasteiger partial charge >= 0.3 is 0 Å². The Hall–Kier alpha value is -2.15. The number of benzene rings is 2. The molecule has 0 unspecified atom stereocenters. The van der Waals surface area contributed by atoms with Gasteiger partial charge in [-0.15, -0.1) is 0 Å². The molecule has 28 heavy (non-hydrogen) atoms. The number of rotatable bonds is 8. The zero-order valence-electron chi connectivity index (χ0n) is 15.9. The number of thioether (sulfide) groups is 1.